The number of likely N-dealkylation sites (N-methyl/N-ethyl adjacent to an activating group) is 1. The third-order valence-electron chi connectivity index (χ3n) is 3.18. The molecule has 1 heterocycles. The SMILES string of the molecule is CCNC(c1ccc(OC)cc1Cl)C1COCCO1. The summed E-state index contributed by atoms with van der Waals surface area (Å²) < 4.78 is 16.4. The van der Waals surface area contributed by atoms with E-state index in [1.165, 1.54) is 0 Å². The van der Waals surface area contributed by atoms with Crippen molar-refractivity contribution in [1.29, 1.82) is 0 Å². The summed E-state index contributed by atoms with van der Waals surface area (Å²) in [6.45, 7) is 4.77. The molecular formula is C14H20ClNO3. The Balaban J connectivity index is 2.22. The number of hydrogen-bond acceptors (Lipinski definition) is 4. The molecule has 5 heteroatoms. The van der Waals surface area contributed by atoms with E-state index in [4.69, 9.17) is 25.8 Å². The second kappa shape index (κ2) is 7.10. The van der Waals surface area contributed by atoms with Crippen molar-refractivity contribution in [2.24, 2.45) is 0 Å². The zero-order valence-corrected chi connectivity index (χ0v) is 12.1. The zero-order chi connectivity index (χ0) is 13.7. The van der Waals surface area contributed by atoms with E-state index in [2.05, 4.69) is 12.2 Å². The molecule has 106 valence electrons. The molecule has 1 fully saturated rings. The standard InChI is InChI=1S/C14H20ClNO3/c1-3-16-14(13-9-18-6-7-19-13)11-5-4-10(17-2)8-12(11)15/h4-5,8,13-14,16H,3,6-7,9H2,1-2H3. The van der Waals surface area contributed by atoms with E-state index in [0.29, 0.717) is 24.8 Å². The number of benzene rings is 1. The molecule has 2 unspecified atom stereocenters. The van der Waals surface area contributed by atoms with E-state index in [-0.39, 0.29) is 12.1 Å². The molecule has 0 bridgehead atoms. The largest absolute Gasteiger partial charge is 0.497 e. The molecule has 0 spiro atoms. The second-order valence-corrected chi connectivity index (χ2v) is 4.81. The predicted octanol–water partition coefficient (Wildman–Crippen LogP) is 2.41. The predicted molar refractivity (Wildman–Crippen MR) is 75.0 cm³/mol. The maximum atomic E-state index is 6.34. The molecule has 4 nitrogen and oxygen atoms in total. The van der Waals surface area contributed by atoms with Crippen molar-refractivity contribution in [1.82, 2.24) is 5.32 Å². The Hall–Kier alpha value is -0.810. The van der Waals surface area contributed by atoms with Crippen LogP contribution in [0.2, 0.25) is 5.02 Å². The topological polar surface area (TPSA) is 39.7 Å². The minimum Gasteiger partial charge on any atom is -0.497 e. The van der Waals surface area contributed by atoms with Crippen molar-refractivity contribution >= 4 is 11.6 Å². The van der Waals surface area contributed by atoms with Crippen molar-refractivity contribution in [3.05, 3.63) is 28.8 Å². The third-order valence-corrected chi connectivity index (χ3v) is 3.51. The normalized spacial score (nSPS) is 21.1. The van der Waals surface area contributed by atoms with Crippen LogP contribution in [0.25, 0.3) is 0 Å². The molecule has 0 aromatic heterocycles. The van der Waals surface area contributed by atoms with Gasteiger partial charge in [0.25, 0.3) is 0 Å². The van der Waals surface area contributed by atoms with Crippen LogP contribution in [0.4, 0.5) is 0 Å². The summed E-state index contributed by atoms with van der Waals surface area (Å²) in [5.41, 5.74) is 1.01. The van der Waals surface area contributed by atoms with Gasteiger partial charge in [0.15, 0.2) is 0 Å². The van der Waals surface area contributed by atoms with Gasteiger partial charge < -0.3 is 19.5 Å². The van der Waals surface area contributed by atoms with E-state index < -0.39 is 0 Å². The first kappa shape index (κ1) is 14.6. The first-order chi connectivity index (χ1) is 9.26. The number of hydrogen-bond donors (Lipinski definition) is 1. The van der Waals surface area contributed by atoms with Gasteiger partial charge in [0, 0.05) is 5.02 Å². The van der Waals surface area contributed by atoms with Crippen LogP contribution in [-0.2, 0) is 9.47 Å². The van der Waals surface area contributed by atoms with Crippen LogP contribution >= 0.6 is 11.6 Å². The Labute approximate surface area is 119 Å². The van der Waals surface area contributed by atoms with Crippen molar-refractivity contribution in [2.45, 2.75) is 19.1 Å². The zero-order valence-electron chi connectivity index (χ0n) is 11.3. The van der Waals surface area contributed by atoms with E-state index in [1.54, 1.807) is 7.11 Å². The number of ether oxygens (including phenoxy) is 3. The molecule has 1 N–H and O–H groups in total. The highest BCUT2D eigenvalue weighted by Crippen LogP contribution is 2.30. The fraction of sp³-hybridized carbons (Fsp3) is 0.571. The molecule has 1 aromatic carbocycles. The summed E-state index contributed by atoms with van der Waals surface area (Å²) in [7, 11) is 1.63. The Morgan fingerprint density at radius 3 is 2.89 bits per heavy atom. The molecule has 0 amide bonds. The highest BCUT2D eigenvalue weighted by Gasteiger charge is 2.27. The lowest BCUT2D eigenvalue weighted by molar-refractivity contribution is -0.102. The van der Waals surface area contributed by atoms with Crippen molar-refractivity contribution in [3.8, 4) is 5.75 Å². The van der Waals surface area contributed by atoms with Gasteiger partial charge in [0.05, 0.1) is 33.0 Å². The highest BCUT2D eigenvalue weighted by atomic mass is 35.5. The Morgan fingerprint density at radius 2 is 2.32 bits per heavy atom. The lowest BCUT2D eigenvalue weighted by atomic mass is 10.0. The number of rotatable bonds is 5. The van der Waals surface area contributed by atoms with Crippen molar-refractivity contribution in [2.75, 3.05) is 33.5 Å². The molecule has 0 aliphatic carbocycles. The van der Waals surface area contributed by atoms with Gasteiger partial charge in [-0.05, 0) is 24.2 Å². The summed E-state index contributed by atoms with van der Waals surface area (Å²) in [5, 5.41) is 4.10. The van der Waals surface area contributed by atoms with Gasteiger partial charge in [0.2, 0.25) is 0 Å². The lowest BCUT2D eigenvalue weighted by Gasteiger charge is -2.31. The Bertz CT molecular complexity index is 408. The van der Waals surface area contributed by atoms with E-state index in [0.717, 1.165) is 17.9 Å². The van der Waals surface area contributed by atoms with Gasteiger partial charge in [-0.3, -0.25) is 0 Å². The maximum absolute atomic E-state index is 6.34. The number of methoxy groups -OCH3 is 1. The molecular weight excluding hydrogens is 266 g/mol. The van der Waals surface area contributed by atoms with Crippen LogP contribution in [0.5, 0.6) is 5.75 Å². The van der Waals surface area contributed by atoms with Crippen LogP contribution in [0.15, 0.2) is 18.2 Å². The van der Waals surface area contributed by atoms with Crippen LogP contribution in [0, 0.1) is 0 Å². The average molecular weight is 286 g/mol. The van der Waals surface area contributed by atoms with Crippen molar-refractivity contribution in [3.63, 3.8) is 0 Å². The fourth-order valence-corrected chi connectivity index (χ4v) is 2.54. The summed E-state index contributed by atoms with van der Waals surface area (Å²) in [5.74, 6) is 0.754. The number of nitrogens with one attached hydrogen (secondary N) is 1. The first-order valence-electron chi connectivity index (χ1n) is 6.52. The summed E-state index contributed by atoms with van der Waals surface area (Å²) in [4.78, 5) is 0. The molecule has 1 aliphatic rings. The van der Waals surface area contributed by atoms with E-state index >= 15 is 0 Å². The molecule has 0 radical (unpaired) electrons. The third kappa shape index (κ3) is 3.60. The van der Waals surface area contributed by atoms with Gasteiger partial charge >= 0.3 is 0 Å². The molecule has 2 rings (SSSR count). The summed E-state index contributed by atoms with van der Waals surface area (Å²) in [6.07, 6.45) is -0.0143. The highest BCUT2D eigenvalue weighted by molar-refractivity contribution is 6.31. The summed E-state index contributed by atoms with van der Waals surface area (Å²) >= 11 is 6.34. The Kier molecular flexibility index (Phi) is 5.45. The van der Waals surface area contributed by atoms with Gasteiger partial charge in [0.1, 0.15) is 11.9 Å². The van der Waals surface area contributed by atoms with E-state index in [1.807, 2.05) is 18.2 Å². The fourth-order valence-electron chi connectivity index (χ4n) is 2.25. The smallest absolute Gasteiger partial charge is 0.120 e. The maximum Gasteiger partial charge on any atom is 0.120 e. The minimum atomic E-state index is -0.0143. The van der Waals surface area contributed by atoms with Crippen LogP contribution < -0.4 is 10.1 Å². The first-order valence-corrected chi connectivity index (χ1v) is 6.90. The molecule has 19 heavy (non-hydrogen) atoms. The molecule has 2 atom stereocenters. The lowest BCUT2D eigenvalue weighted by Crippen LogP contribution is -2.40. The second-order valence-electron chi connectivity index (χ2n) is 4.41. The van der Waals surface area contributed by atoms with Gasteiger partial charge in [-0.1, -0.05) is 24.6 Å². The van der Waals surface area contributed by atoms with Gasteiger partial charge in [-0.15, -0.1) is 0 Å². The van der Waals surface area contributed by atoms with Crippen LogP contribution in [0.3, 0.4) is 0 Å². The van der Waals surface area contributed by atoms with Crippen molar-refractivity contribution < 1.29 is 14.2 Å². The Morgan fingerprint density at radius 1 is 1.47 bits per heavy atom. The molecule has 1 aromatic rings. The molecule has 0 saturated carbocycles. The number of halogens is 1. The van der Waals surface area contributed by atoms with Crippen LogP contribution in [-0.4, -0.2) is 39.6 Å². The van der Waals surface area contributed by atoms with Gasteiger partial charge in [-0.2, -0.15) is 0 Å². The van der Waals surface area contributed by atoms with Crippen LogP contribution in [0.1, 0.15) is 18.5 Å². The monoisotopic (exact) mass is 285 g/mol. The minimum absolute atomic E-state index is 0.0143. The molecule has 1 aliphatic heterocycles. The molecule has 1 saturated heterocycles. The quantitative estimate of drug-likeness (QED) is 0.902. The van der Waals surface area contributed by atoms with E-state index in [9.17, 15) is 0 Å². The van der Waals surface area contributed by atoms with Gasteiger partial charge in [-0.25, -0.2) is 0 Å². The average Bonchev–Trinajstić information content (AvgIpc) is 2.46. The summed E-state index contributed by atoms with van der Waals surface area (Å²) in [6, 6.07) is 5.75.